The van der Waals surface area contributed by atoms with Crippen molar-refractivity contribution in [1.29, 1.82) is 0 Å². The van der Waals surface area contributed by atoms with Crippen molar-refractivity contribution in [1.82, 2.24) is 0 Å². The van der Waals surface area contributed by atoms with Gasteiger partial charge in [-0.2, -0.15) is 0 Å². The Morgan fingerprint density at radius 1 is 1.56 bits per heavy atom. The van der Waals surface area contributed by atoms with E-state index in [4.69, 9.17) is 0 Å². The van der Waals surface area contributed by atoms with Crippen LogP contribution >= 0.6 is 0 Å². The Kier molecular flexibility index (Phi) is 2.34. The highest BCUT2D eigenvalue weighted by atomic mass is 19.1. The predicted octanol–water partition coefficient (Wildman–Crippen LogP) is 1.64. The number of nitro groups is 1. The van der Waals surface area contributed by atoms with Crippen LogP contribution in [0.3, 0.4) is 0 Å². The summed E-state index contributed by atoms with van der Waals surface area (Å²) >= 11 is 0. The molecule has 1 aliphatic heterocycles. The van der Waals surface area contributed by atoms with Crippen molar-refractivity contribution in [3.05, 3.63) is 33.6 Å². The lowest BCUT2D eigenvalue weighted by Gasteiger charge is -2.14. The van der Waals surface area contributed by atoms with Gasteiger partial charge >= 0.3 is 0 Å². The second kappa shape index (κ2) is 3.55. The number of hydrogen-bond acceptors (Lipinski definition) is 3. The number of nitro benzene ring substituents is 1. The zero-order valence-corrected chi connectivity index (χ0v) is 8.57. The van der Waals surface area contributed by atoms with Gasteiger partial charge in [0.05, 0.1) is 16.7 Å². The van der Waals surface area contributed by atoms with E-state index in [1.807, 2.05) is 0 Å². The number of halogens is 1. The molecule has 0 aromatic heterocycles. The minimum absolute atomic E-state index is 0.179. The molecule has 0 spiro atoms. The molecule has 0 bridgehead atoms. The Bertz CT molecular complexity index is 487. The number of rotatable bonds is 1. The van der Waals surface area contributed by atoms with E-state index in [-0.39, 0.29) is 17.3 Å². The summed E-state index contributed by atoms with van der Waals surface area (Å²) in [6.07, 6.45) is 0.452. The number of carbonyl (C=O) groups excluding carboxylic acids is 1. The van der Waals surface area contributed by atoms with Crippen LogP contribution in [0.15, 0.2) is 12.1 Å². The second-order valence-corrected chi connectivity index (χ2v) is 3.61. The highest BCUT2D eigenvalue weighted by Gasteiger charge is 2.28. The Morgan fingerprint density at radius 3 is 2.81 bits per heavy atom. The maximum atomic E-state index is 13.6. The topological polar surface area (TPSA) is 63.5 Å². The lowest BCUT2D eigenvalue weighted by atomic mass is 10.1. The van der Waals surface area contributed by atoms with E-state index >= 15 is 0 Å². The molecule has 16 heavy (non-hydrogen) atoms. The van der Waals surface area contributed by atoms with E-state index in [9.17, 15) is 19.3 Å². The Balaban J connectivity index is 2.54. The molecule has 5 nitrogen and oxygen atoms in total. The number of anilines is 1. The molecule has 84 valence electrons. The third-order valence-corrected chi connectivity index (χ3v) is 2.59. The fraction of sp³-hybridized carbons (Fsp3) is 0.300. The summed E-state index contributed by atoms with van der Waals surface area (Å²) in [7, 11) is 0. The fourth-order valence-electron chi connectivity index (χ4n) is 1.90. The van der Waals surface area contributed by atoms with E-state index in [1.165, 1.54) is 17.9 Å². The van der Waals surface area contributed by atoms with Crippen molar-refractivity contribution in [2.24, 2.45) is 0 Å². The number of carbonyl (C=O) groups is 1. The van der Waals surface area contributed by atoms with E-state index in [0.717, 1.165) is 6.07 Å². The van der Waals surface area contributed by atoms with Crippen LogP contribution < -0.4 is 4.90 Å². The van der Waals surface area contributed by atoms with Gasteiger partial charge < -0.3 is 4.90 Å². The van der Waals surface area contributed by atoms with E-state index in [2.05, 4.69) is 0 Å². The Hall–Kier alpha value is -1.98. The van der Waals surface area contributed by atoms with Gasteiger partial charge in [-0.25, -0.2) is 4.39 Å². The molecule has 0 aliphatic carbocycles. The number of fused-ring (bicyclic) bond motifs is 1. The number of hydrogen-bond donors (Lipinski definition) is 0. The lowest BCUT2D eigenvalue weighted by Crippen LogP contribution is -2.26. The van der Waals surface area contributed by atoms with Crippen molar-refractivity contribution in [3.63, 3.8) is 0 Å². The van der Waals surface area contributed by atoms with Crippen LogP contribution in [0.2, 0.25) is 0 Å². The molecule has 6 heteroatoms. The molecule has 0 unspecified atom stereocenters. The molecule has 0 N–H and O–H groups in total. The van der Waals surface area contributed by atoms with Gasteiger partial charge in [0.25, 0.3) is 5.69 Å². The SMILES string of the molecule is CC(=O)N1CCc2cc([N+](=O)[O-])cc(F)c21. The van der Waals surface area contributed by atoms with Gasteiger partial charge in [0.1, 0.15) is 0 Å². The smallest absolute Gasteiger partial charge is 0.272 e. The van der Waals surface area contributed by atoms with Crippen LogP contribution in [-0.2, 0) is 11.2 Å². The molecule has 0 saturated heterocycles. The number of amides is 1. The second-order valence-electron chi connectivity index (χ2n) is 3.61. The summed E-state index contributed by atoms with van der Waals surface area (Å²) in [5.74, 6) is -0.969. The zero-order valence-electron chi connectivity index (χ0n) is 8.57. The fourth-order valence-corrected chi connectivity index (χ4v) is 1.90. The van der Waals surface area contributed by atoms with Gasteiger partial charge in [-0.05, 0) is 12.0 Å². The molecule has 0 fully saturated rings. The molecule has 1 aromatic carbocycles. The lowest BCUT2D eigenvalue weighted by molar-refractivity contribution is -0.385. The highest BCUT2D eigenvalue weighted by molar-refractivity contribution is 5.94. The normalized spacial score (nSPS) is 13.8. The summed E-state index contributed by atoms with van der Waals surface area (Å²) in [5.41, 5.74) is 0.418. The Morgan fingerprint density at radius 2 is 2.25 bits per heavy atom. The third kappa shape index (κ3) is 1.52. The summed E-state index contributed by atoms with van der Waals surface area (Å²) in [6.45, 7) is 1.72. The Labute approximate surface area is 90.6 Å². The standard InChI is InChI=1S/C10H9FN2O3/c1-6(14)12-3-2-7-4-8(13(15)16)5-9(11)10(7)12/h4-5H,2-3H2,1H3. The predicted molar refractivity (Wildman–Crippen MR) is 54.8 cm³/mol. The van der Waals surface area contributed by atoms with Gasteiger partial charge in [0.15, 0.2) is 5.82 Å². The molecule has 0 atom stereocenters. The van der Waals surface area contributed by atoms with Gasteiger partial charge in [0, 0.05) is 19.5 Å². The first-order valence-corrected chi connectivity index (χ1v) is 4.75. The molecule has 0 saturated carbocycles. The summed E-state index contributed by atoms with van der Waals surface area (Å²) < 4.78 is 13.6. The van der Waals surface area contributed by atoms with E-state index in [1.54, 1.807) is 0 Å². The zero-order chi connectivity index (χ0) is 11.9. The summed E-state index contributed by atoms with van der Waals surface area (Å²) in [6, 6.07) is 2.17. The summed E-state index contributed by atoms with van der Waals surface area (Å²) in [5, 5.41) is 10.5. The van der Waals surface area contributed by atoms with Crippen molar-refractivity contribution in [2.75, 3.05) is 11.4 Å². The maximum absolute atomic E-state index is 13.6. The largest absolute Gasteiger partial charge is 0.309 e. The van der Waals surface area contributed by atoms with Crippen molar-refractivity contribution >= 4 is 17.3 Å². The van der Waals surface area contributed by atoms with Crippen LogP contribution in [-0.4, -0.2) is 17.4 Å². The molecule has 1 amide bonds. The first kappa shape index (κ1) is 10.5. The van der Waals surface area contributed by atoms with Crippen LogP contribution in [0.5, 0.6) is 0 Å². The molecular weight excluding hydrogens is 215 g/mol. The van der Waals surface area contributed by atoms with Crippen LogP contribution in [0.4, 0.5) is 15.8 Å². The minimum Gasteiger partial charge on any atom is -0.309 e. The van der Waals surface area contributed by atoms with Crippen LogP contribution in [0.1, 0.15) is 12.5 Å². The van der Waals surface area contributed by atoms with Crippen molar-refractivity contribution in [2.45, 2.75) is 13.3 Å². The summed E-state index contributed by atoms with van der Waals surface area (Å²) in [4.78, 5) is 22.4. The number of nitrogens with zero attached hydrogens (tertiary/aromatic N) is 2. The van der Waals surface area contributed by atoms with Gasteiger partial charge in [-0.15, -0.1) is 0 Å². The van der Waals surface area contributed by atoms with Gasteiger partial charge in [-0.1, -0.05) is 0 Å². The first-order chi connectivity index (χ1) is 7.50. The minimum atomic E-state index is -0.711. The number of non-ortho nitro benzene ring substituents is 1. The average Bonchev–Trinajstić information content (AvgIpc) is 2.61. The number of benzene rings is 1. The molecular formula is C10H9FN2O3. The van der Waals surface area contributed by atoms with Crippen LogP contribution in [0, 0.1) is 15.9 Å². The van der Waals surface area contributed by atoms with Crippen molar-refractivity contribution < 1.29 is 14.1 Å². The highest BCUT2D eigenvalue weighted by Crippen LogP contribution is 2.34. The van der Waals surface area contributed by atoms with Gasteiger partial charge in [0.2, 0.25) is 5.91 Å². The molecule has 0 radical (unpaired) electrons. The monoisotopic (exact) mass is 224 g/mol. The third-order valence-electron chi connectivity index (χ3n) is 2.59. The van der Waals surface area contributed by atoms with E-state index < -0.39 is 10.7 Å². The molecule has 1 aliphatic rings. The molecule has 1 aromatic rings. The molecule has 2 rings (SSSR count). The quantitative estimate of drug-likeness (QED) is 0.538. The maximum Gasteiger partial charge on any atom is 0.272 e. The van der Waals surface area contributed by atoms with Crippen molar-refractivity contribution in [3.8, 4) is 0 Å². The van der Waals surface area contributed by atoms with Crippen LogP contribution in [0.25, 0.3) is 0 Å². The first-order valence-electron chi connectivity index (χ1n) is 4.75. The molecule has 1 heterocycles. The van der Waals surface area contributed by atoms with Gasteiger partial charge in [-0.3, -0.25) is 14.9 Å². The average molecular weight is 224 g/mol. The van der Waals surface area contributed by atoms with E-state index in [0.29, 0.717) is 18.5 Å².